The molecule has 2 heterocycles. The molecule has 0 aliphatic carbocycles. The van der Waals surface area contributed by atoms with E-state index in [4.69, 9.17) is 0 Å². The molecular formula is C21H20N2O3S. The van der Waals surface area contributed by atoms with Crippen molar-refractivity contribution < 1.29 is 14.4 Å². The number of benzene rings is 2. The van der Waals surface area contributed by atoms with E-state index >= 15 is 0 Å². The number of hydrogen-bond acceptors (Lipinski definition) is 4. The maximum absolute atomic E-state index is 13.2. The molecule has 4 rings (SSSR count). The normalized spacial score (nSPS) is 19.8. The molecular weight excluding hydrogens is 360 g/mol. The summed E-state index contributed by atoms with van der Waals surface area (Å²) in [4.78, 5) is 41.1. The van der Waals surface area contributed by atoms with Gasteiger partial charge in [-0.1, -0.05) is 19.1 Å². The van der Waals surface area contributed by atoms with Gasteiger partial charge in [0, 0.05) is 35.1 Å². The molecule has 138 valence electrons. The van der Waals surface area contributed by atoms with Crippen LogP contribution in [0, 0.1) is 0 Å². The van der Waals surface area contributed by atoms with Gasteiger partial charge < -0.3 is 4.90 Å². The van der Waals surface area contributed by atoms with Crippen molar-refractivity contribution in [2.45, 2.75) is 36.3 Å². The van der Waals surface area contributed by atoms with Gasteiger partial charge in [0.25, 0.3) is 5.91 Å². The van der Waals surface area contributed by atoms with E-state index in [1.807, 2.05) is 23.1 Å². The third-order valence-corrected chi connectivity index (χ3v) is 6.15. The highest BCUT2D eigenvalue weighted by Gasteiger charge is 2.30. The van der Waals surface area contributed by atoms with Gasteiger partial charge in [-0.05, 0) is 42.8 Å². The predicted octanol–water partition coefficient (Wildman–Crippen LogP) is 3.87. The lowest BCUT2D eigenvalue weighted by Crippen LogP contribution is -2.32. The minimum atomic E-state index is -0.188. The molecule has 0 N–H and O–H groups in total. The number of anilines is 2. The van der Waals surface area contributed by atoms with Crippen molar-refractivity contribution in [3.05, 3.63) is 54.1 Å². The van der Waals surface area contributed by atoms with E-state index in [9.17, 15) is 14.4 Å². The van der Waals surface area contributed by atoms with Gasteiger partial charge in [-0.3, -0.25) is 19.3 Å². The molecule has 1 unspecified atom stereocenters. The zero-order chi connectivity index (χ0) is 19.0. The largest absolute Gasteiger partial charge is 0.307 e. The van der Waals surface area contributed by atoms with Gasteiger partial charge in [0.15, 0.2) is 0 Å². The summed E-state index contributed by atoms with van der Waals surface area (Å²) in [5.74, 6) is -0.444. The van der Waals surface area contributed by atoms with E-state index in [1.54, 1.807) is 36.0 Å². The average Bonchev–Trinajstić information content (AvgIpc) is 2.91. The lowest BCUT2D eigenvalue weighted by Gasteiger charge is -2.23. The van der Waals surface area contributed by atoms with Crippen LogP contribution in [0.2, 0.25) is 0 Å². The van der Waals surface area contributed by atoms with Crippen molar-refractivity contribution in [1.29, 1.82) is 0 Å². The SMILES string of the molecule is CC1CCN(C(=O)c2ccc(N3C(=O)CCC3=O)cc2)c2ccccc2S1. The highest BCUT2D eigenvalue weighted by molar-refractivity contribution is 8.00. The van der Waals surface area contributed by atoms with Crippen LogP contribution in [0.25, 0.3) is 0 Å². The minimum Gasteiger partial charge on any atom is -0.307 e. The van der Waals surface area contributed by atoms with E-state index in [2.05, 4.69) is 13.0 Å². The number of amides is 3. The van der Waals surface area contributed by atoms with Crippen molar-refractivity contribution in [3.63, 3.8) is 0 Å². The fraction of sp³-hybridized carbons (Fsp3) is 0.286. The minimum absolute atomic E-state index is 0.0669. The average molecular weight is 380 g/mol. The van der Waals surface area contributed by atoms with Gasteiger partial charge in [0.1, 0.15) is 0 Å². The van der Waals surface area contributed by atoms with E-state index in [0.29, 0.717) is 23.0 Å². The Bertz CT molecular complexity index is 894. The van der Waals surface area contributed by atoms with Crippen LogP contribution in [0.5, 0.6) is 0 Å². The Morgan fingerprint density at radius 2 is 1.67 bits per heavy atom. The van der Waals surface area contributed by atoms with Crippen LogP contribution in [0.4, 0.5) is 11.4 Å². The molecule has 0 radical (unpaired) electrons. The molecule has 6 heteroatoms. The van der Waals surface area contributed by atoms with Gasteiger partial charge in [-0.2, -0.15) is 0 Å². The fourth-order valence-electron chi connectivity index (χ4n) is 3.47. The van der Waals surface area contributed by atoms with Crippen LogP contribution in [0.15, 0.2) is 53.4 Å². The maximum atomic E-state index is 13.2. The molecule has 1 fully saturated rings. The molecule has 0 saturated carbocycles. The summed E-state index contributed by atoms with van der Waals surface area (Å²) in [7, 11) is 0. The Morgan fingerprint density at radius 1 is 1.00 bits per heavy atom. The van der Waals surface area contributed by atoms with Crippen LogP contribution >= 0.6 is 11.8 Å². The number of fused-ring (bicyclic) bond motifs is 1. The van der Waals surface area contributed by atoms with Crippen LogP contribution in [-0.2, 0) is 9.59 Å². The summed E-state index contributed by atoms with van der Waals surface area (Å²) < 4.78 is 0. The molecule has 27 heavy (non-hydrogen) atoms. The summed E-state index contributed by atoms with van der Waals surface area (Å²) in [6, 6.07) is 14.7. The van der Waals surface area contributed by atoms with E-state index in [1.165, 1.54) is 4.90 Å². The Labute approximate surface area is 162 Å². The summed E-state index contributed by atoms with van der Waals surface area (Å²) in [5, 5.41) is 0.443. The van der Waals surface area contributed by atoms with Gasteiger partial charge in [-0.15, -0.1) is 11.8 Å². The number of rotatable bonds is 2. The van der Waals surface area contributed by atoms with Crippen LogP contribution in [0.3, 0.4) is 0 Å². The summed E-state index contributed by atoms with van der Waals surface area (Å²) in [6.45, 7) is 2.84. The predicted molar refractivity (Wildman–Crippen MR) is 106 cm³/mol. The molecule has 0 bridgehead atoms. The van der Waals surface area contributed by atoms with Crippen molar-refractivity contribution in [3.8, 4) is 0 Å². The zero-order valence-electron chi connectivity index (χ0n) is 15.1. The Morgan fingerprint density at radius 3 is 2.37 bits per heavy atom. The lowest BCUT2D eigenvalue weighted by atomic mass is 10.1. The van der Waals surface area contributed by atoms with E-state index < -0.39 is 0 Å². The van der Waals surface area contributed by atoms with Crippen LogP contribution < -0.4 is 9.80 Å². The van der Waals surface area contributed by atoms with E-state index in [0.717, 1.165) is 17.0 Å². The number of hydrogen-bond donors (Lipinski definition) is 0. The molecule has 5 nitrogen and oxygen atoms in total. The third-order valence-electron chi connectivity index (χ3n) is 4.91. The van der Waals surface area contributed by atoms with Crippen LogP contribution in [0.1, 0.15) is 36.5 Å². The number of imide groups is 1. The first-order valence-corrected chi connectivity index (χ1v) is 9.96. The maximum Gasteiger partial charge on any atom is 0.258 e. The molecule has 0 spiro atoms. The molecule has 2 aliphatic heterocycles. The second-order valence-electron chi connectivity index (χ2n) is 6.81. The second-order valence-corrected chi connectivity index (χ2v) is 8.29. The molecule has 1 saturated heterocycles. The first-order chi connectivity index (χ1) is 13.0. The highest BCUT2D eigenvalue weighted by atomic mass is 32.2. The number of carbonyl (C=O) groups excluding carboxylic acids is 3. The Hall–Kier alpha value is -2.60. The quantitative estimate of drug-likeness (QED) is 0.742. The van der Waals surface area contributed by atoms with Gasteiger partial charge >= 0.3 is 0 Å². The van der Waals surface area contributed by atoms with Gasteiger partial charge in [0.05, 0.1) is 11.4 Å². The first kappa shape index (κ1) is 17.8. The van der Waals surface area contributed by atoms with Gasteiger partial charge in [-0.25, -0.2) is 0 Å². The monoisotopic (exact) mass is 380 g/mol. The smallest absolute Gasteiger partial charge is 0.258 e. The number of nitrogens with zero attached hydrogens (tertiary/aromatic N) is 2. The highest BCUT2D eigenvalue weighted by Crippen LogP contribution is 2.38. The summed E-state index contributed by atoms with van der Waals surface area (Å²) in [5.41, 5.74) is 2.01. The standard InChI is InChI=1S/C21H20N2O3S/c1-14-12-13-22(17-4-2-3-5-18(17)27-14)21(26)15-6-8-16(9-7-15)23-19(24)10-11-20(23)25/h2-9,14H,10-13H2,1H3. The van der Waals surface area contributed by atoms with Crippen molar-refractivity contribution in [2.75, 3.05) is 16.3 Å². The third kappa shape index (κ3) is 3.37. The van der Waals surface area contributed by atoms with E-state index in [-0.39, 0.29) is 30.6 Å². The molecule has 0 aromatic heterocycles. The molecule has 2 aromatic carbocycles. The first-order valence-electron chi connectivity index (χ1n) is 9.08. The summed E-state index contributed by atoms with van der Waals surface area (Å²) in [6.07, 6.45) is 1.42. The number of carbonyl (C=O) groups is 3. The van der Waals surface area contributed by atoms with Crippen molar-refractivity contribution in [1.82, 2.24) is 0 Å². The van der Waals surface area contributed by atoms with Crippen molar-refractivity contribution in [2.24, 2.45) is 0 Å². The van der Waals surface area contributed by atoms with Crippen LogP contribution in [-0.4, -0.2) is 29.5 Å². The second kappa shape index (κ2) is 7.19. The zero-order valence-corrected chi connectivity index (χ0v) is 15.9. The topological polar surface area (TPSA) is 57.7 Å². The summed E-state index contributed by atoms with van der Waals surface area (Å²) >= 11 is 1.79. The molecule has 2 aromatic rings. The molecule has 1 atom stereocenters. The molecule has 2 aliphatic rings. The van der Waals surface area contributed by atoms with Gasteiger partial charge in [0.2, 0.25) is 11.8 Å². The number of para-hydroxylation sites is 1. The molecule has 3 amide bonds. The Kier molecular flexibility index (Phi) is 4.74. The number of thioether (sulfide) groups is 1. The van der Waals surface area contributed by atoms with Crippen molar-refractivity contribution >= 4 is 40.9 Å². The fourth-order valence-corrected chi connectivity index (χ4v) is 4.58. The lowest BCUT2D eigenvalue weighted by molar-refractivity contribution is -0.121. The Balaban J connectivity index is 1.61.